The van der Waals surface area contributed by atoms with Gasteiger partial charge in [0, 0.05) is 33.4 Å². The lowest BCUT2D eigenvalue weighted by Crippen LogP contribution is -2.21. The van der Waals surface area contributed by atoms with Crippen LogP contribution in [0.15, 0.2) is 18.3 Å². The van der Waals surface area contributed by atoms with Gasteiger partial charge in [0.15, 0.2) is 0 Å². The summed E-state index contributed by atoms with van der Waals surface area (Å²) in [6.45, 7) is 5.22. The van der Waals surface area contributed by atoms with E-state index in [1.165, 1.54) is 11.4 Å². The Kier molecular flexibility index (Phi) is 5.31. The number of nitrogens with zero attached hydrogens (tertiary/aromatic N) is 4. The Morgan fingerprint density at radius 2 is 2.20 bits per heavy atom. The zero-order chi connectivity index (χ0) is 14.4. The number of rotatable bonds is 8. The minimum atomic E-state index is 0.718. The maximum absolute atomic E-state index is 5.02. The standard InChI is InChI=1S/C14H23N5O/c1-4-12-9-14(18(2)17-12)11-19-13(5-6-16-19)10-15-7-8-20-3/h5-6,9,15H,4,7-8,10-11H2,1-3H3. The van der Waals surface area contributed by atoms with Crippen molar-refractivity contribution in [2.24, 2.45) is 7.05 Å². The Morgan fingerprint density at radius 1 is 1.35 bits per heavy atom. The van der Waals surface area contributed by atoms with Gasteiger partial charge in [-0.05, 0) is 18.6 Å². The second-order valence-electron chi connectivity index (χ2n) is 4.75. The number of hydrogen-bond donors (Lipinski definition) is 1. The first-order chi connectivity index (χ1) is 9.74. The van der Waals surface area contributed by atoms with Crippen molar-refractivity contribution < 1.29 is 4.74 Å². The van der Waals surface area contributed by atoms with Gasteiger partial charge in [0.1, 0.15) is 0 Å². The largest absolute Gasteiger partial charge is 0.383 e. The SMILES string of the molecule is CCc1cc(Cn2nccc2CNCCOC)n(C)n1. The van der Waals surface area contributed by atoms with Crippen LogP contribution in [-0.4, -0.2) is 39.8 Å². The van der Waals surface area contributed by atoms with Crippen LogP contribution in [0.4, 0.5) is 0 Å². The van der Waals surface area contributed by atoms with E-state index in [1.807, 2.05) is 28.7 Å². The van der Waals surface area contributed by atoms with Gasteiger partial charge in [0.25, 0.3) is 0 Å². The highest BCUT2D eigenvalue weighted by Gasteiger charge is 2.08. The van der Waals surface area contributed by atoms with Crippen molar-refractivity contribution in [3.05, 3.63) is 35.4 Å². The first-order valence-electron chi connectivity index (χ1n) is 6.96. The molecule has 1 N–H and O–H groups in total. The lowest BCUT2D eigenvalue weighted by molar-refractivity contribution is 0.199. The number of methoxy groups -OCH3 is 1. The van der Waals surface area contributed by atoms with E-state index in [2.05, 4.69) is 28.5 Å². The zero-order valence-electron chi connectivity index (χ0n) is 12.5. The van der Waals surface area contributed by atoms with E-state index in [-0.39, 0.29) is 0 Å². The lowest BCUT2D eigenvalue weighted by atomic mass is 10.3. The molecule has 0 aromatic carbocycles. The molecule has 6 nitrogen and oxygen atoms in total. The molecule has 0 atom stereocenters. The van der Waals surface area contributed by atoms with Crippen LogP contribution in [0.25, 0.3) is 0 Å². The quantitative estimate of drug-likeness (QED) is 0.730. The van der Waals surface area contributed by atoms with Crippen LogP contribution in [-0.2, 0) is 31.3 Å². The number of ether oxygens (including phenoxy) is 1. The Morgan fingerprint density at radius 3 is 2.90 bits per heavy atom. The molecular weight excluding hydrogens is 254 g/mol. The van der Waals surface area contributed by atoms with Gasteiger partial charge in [-0.15, -0.1) is 0 Å². The molecule has 0 fully saturated rings. The van der Waals surface area contributed by atoms with Crippen molar-refractivity contribution in [2.45, 2.75) is 26.4 Å². The molecule has 2 heterocycles. The van der Waals surface area contributed by atoms with Gasteiger partial charge in [0.05, 0.1) is 30.2 Å². The number of aryl methyl sites for hydroxylation is 2. The van der Waals surface area contributed by atoms with E-state index in [0.29, 0.717) is 0 Å². The minimum Gasteiger partial charge on any atom is -0.383 e. The van der Waals surface area contributed by atoms with Gasteiger partial charge < -0.3 is 10.1 Å². The Bertz CT molecular complexity index is 531. The van der Waals surface area contributed by atoms with E-state index in [0.717, 1.165) is 38.4 Å². The van der Waals surface area contributed by atoms with Crippen molar-refractivity contribution in [3.63, 3.8) is 0 Å². The van der Waals surface area contributed by atoms with E-state index in [1.54, 1.807) is 7.11 Å². The van der Waals surface area contributed by atoms with Crippen molar-refractivity contribution >= 4 is 0 Å². The molecule has 0 aliphatic heterocycles. The number of hydrogen-bond acceptors (Lipinski definition) is 4. The second kappa shape index (κ2) is 7.21. The average Bonchev–Trinajstić information content (AvgIpc) is 3.03. The third kappa shape index (κ3) is 3.68. The third-order valence-electron chi connectivity index (χ3n) is 3.29. The van der Waals surface area contributed by atoms with Crippen molar-refractivity contribution in [1.82, 2.24) is 24.9 Å². The van der Waals surface area contributed by atoms with Crippen LogP contribution in [0.1, 0.15) is 24.0 Å². The molecule has 6 heteroatoms. The van der Waals surface area contributed by atoms with E-state index >= 15 is 0 Å². The summed E-state index contributed by atoms with van der Waals surface area (Å²) in [5.74, 6) is 0. The molecule has 0 saturated heterocycles. The summed E-state index contributed by atoms with van der Waals surface area (Å²) in [4.78, 5) is 0. The Balaban J connectivity index is 1.98. The van der Waals surface area contributed by atoms with Crippen LogP contribution >= 0.6 is 0 Å². The molecule has 110 valence electrons. The van der Waals surface area contributed by atoms with E-state index in [4.69, 9.17) is 4.74 Å². The summed E-state index contributed by atoms with van der Waals surface area (Å²) in [5.41, 5.74) is 3.46. The molecule has 0 aliphatic carbocycles. The molecule has 0 saturated carbocycles. The summed E-state index contributed by atoms with van der Waals surface area (Å²) >= 11 is 0. The van der Waals surface area contributed by atoms with Gasteiger partial charge in [0.2, 0.25) is 0 Å². The van der Waals surface area contributed by atoms with Gasteiger partial charge in [-0.1, -0.05) is 6.92 Å². The molecule has 0 spiro atoms. The highest BCUT2D eigenvalue weighted by atomic mass is 16.5. The van der Waals surface area contributed by atoms with Gasteiger partial charge in [-0.3, -0.25) is 9.36 Å². The molecule has 0 bridgehead atoms. The molecule has 2 aromatic rings. The lowest BCUT2D eigenvalue weighted by Gasteiger charge is -2.08. The maximum atomic E-state index is 5.02. The Labute approximate surface area is 119 Å². The van der Waals surface area contributed by atoms with Gasteiger partial charge in [-0.25, -0.2) is 0 Å². The zero-order valence-corrected chi connectivity index (χ0v) is 12.5. The van der Waals surface area contributed by atoms with Crippen LogP contribution < -0.4 is 5.32 Å². The average molecular weight is 277 g/mol. The fourth-order valence-electron chi connectivity index (χ4n) is 2.09. The highest BCUT2D eigenvalue weighted by molar-refractivity contribution is 5.12. The fourth-order valence-corrected chi connectivity index (χ4v) is 2.09. The van der Waals surface area contributed by atoms with Gasteiger partial charge in [-0.2, -0.15) is 10.2 Å². The highest BCUT2D eigenvalue weighted by Crippen LogP contribution is 2.08. The Hall–Kier alpha value is -1.66. The van der Waals surface area contributed by atoms with Crippen LogP contribution in [0.5, 0.6) is 0 Å². The molecule has 2 rings (SSSR count). The number of aromatic nitrogens is 4. The van der Waals surface area contributed by atoms with Crippen LogP contribution in [0, 0.1) is 0 Å². The molecule has 2 aromatic heterocycles. The third-order valence-corrected chi connectivity index (χ3v) is 3.29. The maximum Gasteiger partial charge on any atom is 0.0831 e. The summed E-state index contributed by atoms with van der Waals surface area (Å²) < 4.78 is 8.96. The normalized spacial score (nSPS) is 11.2. The second-order valence-corrected chi connectivity index (χ2v) is 4.75. The van der Waals surface area contributed by atoms with Crippen LogP contribution in [0.2, 0.25) is 0 Å². The van der Waals surface area contributed by atoms with Crippen molar-refractivity contribution in [3.8, 4) is 0 Å². The molecule has 20 heavy (non-hydrogen) atoms. The first kappa shape index (κ1) is 14.7. The van der Waals surface area contributed by atoms with Gasteiger partial charge >= 0.3 is 0 Å². The predicted octanol–water partition coefficient (Wildman–Crippen LogP) is 0.963. The van der Waals surface area contributed by atoms with E-state index in [9.17, 15) is 0 Å². The fraction of sp³-hybridized carbons (Fsp3) is 0.571. The summed E-state index contributed by atoms with van der Waals surface area (Å²) in [7, 11) is 3.69. The molecule has 0 aliphatic rings. The molecule has 0 unspecified atom stereocenters. The molecule has 0 radical (unpaired) electrons. The molecular formula is C14H23N5O. The van der Waals surface area contributed by atoms with E-state index < -0.39 is 0 Å². The summed E-state index contributed by atoms with van der Waals surface area (Å²) in [6, 6.07) is 4.18. The summed E-state index contributed by atoms with van der Waals surface area (Å²) in [5, 5.41) is 12.2. The number of nitrogens with one attached hydrogen (secondary N) is 1. The van der Waals surface area contributed by atoms with Crippen LogP contribution in [0.3, 0.4) is 0 Å². The topological polar surface area (TPSA) is 56.9 Å². The van der Waals surface area contributed by atoms with Crippen molar-refractivity contribution in [2.75, 3.05) is 20.3 Å². The minimum absolute atomic E-state index is 0.718. The monoisotopic (exact) mass is 277 g/mol. The summed E-state index contributed by atoms with van der Waals surface area (Å²) in [6.07, 6.45) is 2.79. The molecule has 0 amide bonds. The van der Waals surface area contributed by atoms with Crippen molar-refractivity contribution in [1.29, 1.82) is 0 Å². The smallest absolute Gasteiger partial charge is 0.0831 e. The first-order valence-corrected chi connectivity index (χ1v) is 6.96. The predicted molar refractivity (Wildman–Crippen MR) is 77.5 cm³/mol.